The molecule has 3 aliphatic rings. The number of carbonyl (C=O) groups is 1. The number of piperazine rings is 1. The number of aryl methyl sites for hydroxylation is 1. The number of hydrogen-bond donors (Lipinski definition) is 0. The molecule has 5 rings (SSSR count). The van der Waals surface area contributed by atoms with Crippen LogP contribution in [0.5, 0.6) is 11.5 Å². The first-order valence-electron chi connectivity index (χ1n) is 14.7. The molecular formula is C32H45N3O4. The van der Waals surface area contributed by atoms with E-state index < -0.39 is 0 Å². The molecule has 0 bridgehead atoms. The summed E-state index contributed by atoms with van der Waals surface area (Å²) in [5.41, 5.74) is 6.56. The lowest BCUT2D eigenvalue weighted by atomic mass is 9.74. The molecule has 2 fully saturated rings. The second-order valence-electron chi connectivity index (χ2n) is 11.4. The topological polar surface area (TPSA) is 54.5 Å². The third kappa shape index (κ3) is 6.20. The maximum Gasteiger partial charge on any atom is 0.225 e. The van der Waals surface area contributed by atoms with Crippen LogP contribution in [0.1, 0.15) is 35.6 Å². The highest BCUT2D eigenvalue weighted by Crippen LogP contribution is 2.38. The van der Waals surface area contributed by atoms with Crippen molar-refractivity contribution in [1.29, 1.82) is 0 Å². The van der Waals surface area contributed by atoms with E-state index >= 15 is 0 Å². The summed E-state index contributed by atoms with van der Waals surface area (Å²) in [5.74, 6) is 2.57. The summed E-state index contributed by atoms with van der Waals surface area (Å²) >= 11 is 0. The van der Waals surface area contributed by atoms with E-state index in [1.54, 1.807) is 7.11 Å². The number of rotatable bonds is 8. The van der Waals surface area contributed by atoms with Gasteiger partial charge in [-0.2, -0.15) is 0 Å². The zero-order valence-electron chi connectivity index (χ0n) is 24.2. The summed E-state index contributed by atoms with van der Waals surface area (Å²) in [5, 5.41) is 0. The average Bonchev–Trinajstić information content (AvgIpc) is 2.99. The lowest BCUT2D eigenvalue weighted by Crippen LogP contribution is -2.51. The molecule has 2 aliphatic heterocycles. The second kappa shape index (κ2) is 12.6. The summed E-state index contributed by atoms with van der Waals surface area (Å²) in [6, 6.07) is 10.4. The highest BCUT2D eigenvalue weighted by atomic mass is 16.5. The van der Waals surface area contributed by atoms with Gasteiger partial charge in [0.1, 0.15) is 18.1 Å². The molecule has 2 heterocycles. The number of fused-ring (bicyclic) bond motifs is 1. The van der Waals surface area contributed by atoms with E-state index in [1.165, 1.54) is 22.3 Å². The van der Waals surface area contributed by atoms with E-state index in [4.69, 9.17) is 14.2 Å². The Labute approximate surface area is 234 Å². The fourth-order valence-corrected chi connectivity index (χ4v) is 6.56. The van der Waals surface area contributed by atoms with Gasteiger partial charge in [0, 0.05) is 51.7 Å². The minimum absolute atomic E-state index is 0.0153. The normalized spacial score (nSPS) is 20.9. The molecule has 0 spiro atoms. The van der Waals surface area contributed by atoms with E-state index in [0.29, 0.717) is 18.4 Å². The first-order valence-corrected chi connectivity index (χ1v) is 14.7. The number of methoxy groups -OCH3 is 1. The zero-order chi connectivity index (χ0) is 27.4. The fourth-order valence-electron chi connectivity index (χ4n) is 6.56. The summed E-state index contributed by atoms with van der Waals surface area (Å²) < 4.78 is 17.3. The molecule has 2 aromatic carbocycles. The van der Waals surface area contributed by atoms with Gasteiger partial charge in [0.15, 0.2) is 0 Å². The van der Waals surface area contributed by atoms with Gasteiger partial charge in [0.2, 0.25) is 5.91 Å². The molecule has 7 heteroatoms. The Morgan fingerprint density at radius 3 is 2.51 bits per heavy atom. The van der Waals surface area contributed by atoms with Crippen LogP contribution in [-0.4, -0.2) is 88.5 Å². The molecule has 2 unspecified atom stereocenters. The van der Waals surface area contributed by atoms with Gasteiger partial charge < -0.3 is 24.0 Å². The lowest BCUT2D eigenvalue weighted by Gasteiger charge is -2.39. The standard InChI is InChI=1S/C32H45N3O4/c1-23-21-31(39-20-17-33-15-18-38-19-16-33)25(3)28-22-26(9-10-27(23)28)24(2)32(36)35-13-11-34(12-14-35)29-7-5-6-8-30(29)37-4/h5-8,21,24,26H,9-20,22H2,1-4H3. The third-order valence-electron chi connectivity index (χ3n) is 9.12. The predicted octanol–water partition coefficient (Wildman–Crippen LogP) is 4.11. The number of carbonyl (C=O) groups excluding carboxylic acids is 1. The van der Waals surface area contributed by atoms with Crippen LogP contribution in [0.4, 0.5) is 5.69 Å². The van der Waals surface area contributed by atoms with Gasteiger partial charge in [0.05, 0.1) is 26.0 Å². The number of para-hydroxylation sites is 2. The van der Waals surface area contributed by atoms with E-state index in [-0.39, 0.29) is 5.92 Å². The van der Waals surface area contributed by atoms with Crippen LogP contribution < -0.4 is 14.4 Å². The number of nitrogens with zero attached hydrogens (tertiary/aromatic N) is 3. The van der Waals surface area contributed by atoms with Crippen molar-refractivity contribution in [3.63, 3.8) is 0 Å². The summed E-state index contributed by atoms with van der Waals surface area (Å²) in [6.07, 6.45) is 3.06. The second-order valence-corrected chi connectivity index (χ2v) is 11.4. The molecule has 7 nitrogen and oxygen atoms in total. The Kier molecular flexibility index (Phi) is 8.98. The van der Waals surface area contributed by atoms with Crippen molar-refractivity contribution in [3.8, 4) is 11.5 Å². The highest BCUT2D eigenvalue weighted by Gasteiger charge is 2.34. The van der Waals surface area contributed by atoms with Crippen molar-refractivity contribution in [2.45, 2.75) is 40.0 Å². The Hall–Kier alpha value is -2.77. The number of amides is 1. The number of anilines is 1. The van der Waals surface area contributed by atoms with Gasteiger partial charge in [-0.15, -0.1) is 0 Å². The van der Waals surface area contributed by atoms with E-state index in [0.717, 1.165) is 95.5 Å². The molecule has 0 saturated carbocycles. The number of benzene rings is 2. The molecule has 39 heavy (non-hydrogen) atoms. The molecule has 1 aliphatic carbocycles. The van der Waals surface area contributed by atoms with Crippen LogP contribution >= 0.6 is 0 Å². The Balaban J connectivity index is 1.19. The van der Waals surface area contributed by atoms with Crippen molar-refractivity contribution in [1.82, 2.24) is 9.80 Å². The van der Waals surface area contributed by atoms with Gasteiger partial charge in [-0.1, -0.05) is 19.1 Å². The maximum atomic E-state index is 13.6. The molecule has 2 aromatic rings. The summed E-state index contributed by atoms with van der Waals surface area (Å²) in [4.78, 5) is 20.4. The van der Waals surface area contributed by atoms with Crippen molar-refractivity contribution >= 4 is 11.6 Å². The lowest BCUT2D eigenvalue weighted by molar-refractivity contribution is -0.137. The number of morpholine rings is 1. The van der Waals surface area contributed by atoms with Crippen molar-refractivity contribution in [3.05, 3.63) is 52.6 Å². The monoisotopic (exact) mass is 535 g/mol. The molecule has 0 radical (unpaired) electrons. The number of hydrogen-bond acceptors (Lipinski definition) is 6. The highest BCUT2D eigenvalue weighted by molar-refractivity contribution is 5.79. The molecule has 2 atom stereocenters. The van der Waals surface area contributed by atoms with E-state index in [9.17, 15) is 4.79 Å². The van der Waals surface area contributed by atoms with Crippen LogP contribution in [0.25, 0.3) is 0 Å². The van der Waals surface area contributed by atoms with Gasteiger partial charge in [-0.05, 0) is 79.5 Å². The van der Waals surface area contributed by atoms with Crippen LogP contribution in [0, 0.1) is 25.7 Å². The van der Waals surface area contributed by atoms with Crippen LogP contribution in [0.15, 0.2) is 30.3 Å². The average molecular weight is 536 g/mol. The molecule has 2 saturated heterocycles. The molecule has 0 N–H and O–H groups in total. The molecule has 1 amide bonds. The van der Waals surface area contributed by atoms with Crippen LogP contribution in [0.3, 0.4) is 0 Å². The predicted molar refractivity (Wildman–Crippen MR) is 155 cm³/mol. The largest absolute Gasteiger partial charge is 0.495 e. The fraction of sp³-hybridized carbons (Fsp3) is 0.594. The third-order valence-corrected chi connectivity index (χ3v) is 9.12. The van der Waals surface area contributed by atoms with Crippen molar-refractivity contribution in [2.24, 2.45) is 11.8 Å². The minimum atomic E-state index is 0.0153. The summed E-state index contributed by atoms with van der Waals surface area (Å²) in [7, 11) is 1.71. The Bertz CT molecular complexity index is 1140. The van der Waals surface area contributed by atoms with E-state index in [1.807, 2.05) is 18.2 Å². The van der Waals surface area contributed by atoms with Crippen molar-refractivity contribution in [2.75, 3.05) is 77.6 Å². The number of ether oxygens (including phenoxy) is 3. The van der Waals surface area contributed by atoms with Gasteiger partial charge in [0.25, 0.3) is 0 Å². The summed E-state index contributed by atoms with van der Waals surface area (Å²) in [6.45, 7) is 14.9. The van der Waals surface area contributed by atoms with E-state index in [2.05, 4.69) is 47.6 Å². The smallest absolute Gasteiger partial charge is 0.225 e. The van der Waals surface area contributed by atoms with Gasteiger partial charge >= 0.3 is 0 Å². The van der Waals surface area contributed by atoms with Gasteiger partial charge in [-0.3, -0.25) is 9.69 Å². The molecular weight excluding hydrogens is 490 g/mol. The Morgan fingerprint density at radius 2 is 1.77 bits per heavy atom. The minimum Gasteiger partial charge on any atom is -0.495 e. The van der Waals surface area contributed by atoms with Gasteiger partial charge in [-0.25, -0.2) is 0 Å². The van der Waals surface area contributed by atoms with Crippen LogP contribution in [0.2, 0.25) is 0 Å². The first kappa shape index (κ1) is 27.8. The SMILES string of the molecule is COc1ccccc1N1CCN(C(=O)C(C)C2CCc3c(C)cc(OCCN4CCOCC4)c(C)c3C2)CC1. The zero-order valence-corrected chi connectivity index (χ0v) is 24.2. The van der Waals surface area contributed by atoms with Crippen molar-refractivity contribution < 1.29 is 19.0 Å². The molecule has 0 aromatic heterocycles. The molecule has 212 valence electrons. The maximum absolute atomic E-state index is 13.6. The first-order chi connectivity index (χ1) is 19.0. The Morgan fingerprint density at radius 1 is 1.03 bits per heavy atom. The quantitative estimate of drug-likeness (QED) is 0.507. The van der Waals surface area contributed by atoms with Crippen LogP contribution in [-0.2, 0) is 22.4 Å².